The molecule has 0 radical (unpaired) electrons. The number of aromatic nitrogens is 1. The number of hydrogen-bond donors (Lipinski definition) is 2. The lowest BCUT2D eigenvalue weighted by Crippen LogP contribution is -2.16. The highest BCUT2D eigenvalue weighted by Crippen LogP contribution is 2.20. The molecule has 1 aromatic carbocycles. The lowest BCUT2D eigenvalue weighted by atomic mass is 10.0. The zero-order chi connectivity index (χ0) is 10.8. The van der Waals surface area contributed by atoms with Crippen molar-refractivity contribution in [3.63, 3.8) is 0 Å². The molecular formula is C12H15ClN2O. The molecule has 0 aliphatic heterocycles. The number of H-pyrrole nitrogens is 1. The van der Waals surface area contributed by atoms with Crippen LogP contribution in [-0.2, 0) is 0 Å². The minimum atomic E-state index is -0.0300. The fourth-order valence-corrected chi connectivity index (χ4v) is 1.75. The summed E-state index contributed by atoms with van der Waals surface area (Å²) in [7, 11) is 1.91. The zero-order valence-electron chi connectivity index (χ0n) is 9.28. The number of fused-ring (bicyclic) bond motifs is 1. The fraction of sp³-hybridized carbons (Fsp3) is 0.250. The summed E-state index contributed by atoms with van der Waals surface area (Å²) < 4.78 is 0. The number of benzene rings is 1. The molecule has 1 atom stereocenters. The molecule has 2 rings (SSSR count). The normalized spacial score (nSPS) is 12.1. The van der Waals surface area contributed by atoms with Gasteiger partial charge in [-0.2, -0.15) is 0 Å². The molecule has 0 spiro atoms. The van der Waals surface area contributed by atoms with E-state index >= 15 is 0 Å². The summed E-state index contributed by atoms with van der Waals surface area (Å²) in [5.74, 6) is 0. The van der Waals surface area contributed by atoms with Gasteiger partial charge in [-0.25, -0.2) is 0 Å². The average molecular weight is 239 g/mol. The number of nitrogens with one attached hydrogen (secondary N) is 2. The van der Waals surface area contributed by atoms with Crippen LogP contribution in [0.25, 0.3) is 10.8 Å². The summed E-state index contributed by atoms with van der Waals surface area (Å²) in [4.78, 5) is 14.3. The SMILES string of the molecule is CN[C@H](C)c1c[nH]c(=O)c2ccccc12.Cl. The van der Waals surface area contributed by atoms with Crippen LogP contribution in [0.15, 0.2) is 35.3 Å². The Morgan fingerprint density at radius 2 is 1.88 bits per heavy atom. The van der Waals surface area contributed by atoms with Gasteiger partial charge in [0, 0.05) is 17.6 Å². The Bertz CT molecular complexity index is 536. The maximum Gasteiger partial charge on any atom is 0.255 e. The summed E-state index contributed by atoms with van der Waals surface area (Å²) in [5.41, 5.74) is 1.09. The zero-order valence-corrected chi connectivity index (χ0v) is 10.1. The van der Waals surface area contributed by atoms with Crippen molar-refractivity contribution in [1.82, 2.24) is 10.3 Å². The largest absolute Gasteiger partial charge is 0.328 e. The van der Waals surface area contributed by atoms with Crippen molar-refractivity contribution in [2.75, 3.05) is 7.05 Å². The van der Waals surface area contributed by atoms with E-state index in [0.29, 0.717) is 0 Å². The molecule has 0 unspecified atom stereocenters. The van der Waals surface area contributed by atoms with Gasteiger partial charge < -0.3 is 10.3 Å². The molecule has 86 valence electrons. The third-order valence-electron chi connectivity index (χ3n) is 2.74. The lowest BCUT2D eigenvalue weighted by molar-refractivity contribution is 0.654. The highest BCUT2D eigenvalue weighted by Gasteiger charge is 2.08. The van der Waals surface area contributed by atoms with E-state index in [1.54, 1.807) is 6.20 Å². The van der Waals surface area contributed by atoms with Crippen LogP contribution in [-0.4, -0.2) is 12.0 Å². The van der Waals surface area contributed by atoms with Gasteiger partial charge in [0.25, 0.3) is 5.56 Å². The second-order valence-electron chi connectivity index (χ2n) is 3.63. The molecule has 0 amide bonds. The summed E-state index contributed by atoms with van der Waals surface area (Å²) in [6.07, 6.45) is 1.78. The molecule has 16 heavy (non-hydrogen) atoms. The average Bonchev–Trinajstić information content (AvgIpc) is 2.29. The van der Waals surface area contributed by atoms with E-state index in [0.717, 1.165) is 16.3 Å². The number of hydrogen-bond acceptors (Lipinski definition) is 2. The Kier molecular flexibility index (Phi) is 4.10. The van der Waals surface area contributed by atoms with Gasteiger partial charge in [-0.05, 0) is 31.0 Å². The summed E-state index contributed by atoms with van der Waals surface area (Å²) in [5, 5.41) is 4.93. The molecule has 3 nitrogen and oxygen atoms in total. The van der Waals surface area contributed by atoms with Gasteiger partial charge >= 0.3 is 0 Å². The van der Waals surface area contributed by atoms with Crippen molar-refractivity contribution in [2.45, 2.75) is 13.0 Å². The van der Waals surface area contributed by atoms with E-state index in [-0.39, 0.29) is 24.0 Å². The van der Waals surface area contributed by atoms with Crippen LogP contribution in [0, 0.1) is 0 Å². The summed E-state index contributed by atoms with van der Waals surface area (Å²) in [6, 6.07) is 7.89. The minimum absolute atomic E-state index is 0. The fourth-order valence-electron chi connectivity index (χ4n) is 1.75. The van der Waals surface area contributed by atoms with Crippen molar-refractivity contribution >= 4 is 23.2 Å². The van der Waals surface area contributed by atoms with Gasteiger partial charge in [-0.15, -0.1) is 12.4 Å². The first-order chi connectivity index (χ1) is 7.24. The van der Waals surface area contributed by atoms with E-state index in [1.807, 2.05) is 31.3 Å². The summed E-state index contributed by atoms with van der Waals surface area (Å²) in [6.45, 7) is 2.07. The van der Waals surface area contributed by atoms with Crippen molar-refractivity contribution < 1.29 is 0 Å². The van der Waals surface area contributed by atoms with Crippen LogP contribution >= 0.6 is 12.4 Å². The van der Waals surface area contributed by atoms with E-state index in [4.69, 9.17) is 0 Å². The summed E-state index contributed by atoms with van der Waals surface area (Å²) >= 11 is 0. The lowest BCUT2D eigenvalue weighted by Gasteiger charge is -2.12. The van der Waals surface area contributed by atoms with Crippen LogP contribution < -0.4 is 10.9 Å². The van der Waals surface area contributed by atoms with Crippen LogP contribution in [0.4, 0.5) is 0 Å². The van der Waals surface area contributed by atoms with Gasteiger partial charge in [-0.3, -0.25) is 4.79 Å². The monoisotopic (exact) mass is 238 g/mol. The molecule has 0 saturated carbocycles. The Morgan fingerprint density at radius 1 is 1.25 bits per heavy atom. The van der Waals surface area contributed by atoms with Crippen molar-refractivity contribution in [3.8, 4) is 0 Å². The van der Waals surface area contributed by atoms with Gasteiger partial charge in [0.15, 0.2) is 0 Å². The number of halogens is 1. The first-order valence-corrected chi connectivity index (χ1v) is 5.01. The first-order valence-electron chi connectivity index (χ1n) is 5.01. The minimum Gasteiger partial charge on any atom is -0.328 e. The Hall–Kier alpha value is -1.32. The number of rotatable bonds is 2. The van der Waals surface area contributed by atoms with Gasteiger partial charge in [-0.1, -0.05) is 18.2 Å². The Balaban J connectivity index is 0.00000128. The van der Waals surface area contributed by atoms with Gasteiger partial charge in [0.05, 0.1) is 0 Å². The standard InChI is InChI=1S/C12H14N2O.ClH/c1-8(13-2)11-7-14-12(15)10-6-4-3-5-9(10)11;/h3-8,13H,1-2H3,(H,14,15);1H/t8-;/m1./s1. The molecule has 0 aliphatic carbocycles. The smallest absolute Gasteiger partial charge is 0.255 e. The second-order valence-corrected chi connectivity index (χ2v) is 3.63. The van der Waals surface area contributed by atoms with E-state index < -0.39 is 0 Å². The molecule has 1 aromatic heterocycles. The van der Waals surface area contributed by atoms with Crippen molar-refractivity contribution in [2.24, 2.45) is 0 Å². The molecule has 2 aromatic rings. The maximum atomic E-state index is 11.6. The Labute approximate surface area is 100 Å². The topological polar surface area (TPSA) is 44.9 Å². The quantitative estimate of drug-likeness (QED) is 0.843. The second kappa shape index (κ2) is 5.14. The third kappa shape index (κ3) is 2.10. The molecule has 0 aliphatic rings. The predicted molar refractivity (Wildman–Crippen MR) is 69.3 cm³/mol. The Morgan fingerprint density at radius 3 is 2.50 bits per heavy atom. The van der Waals surface area contributed by atoms with Gasteiger partial charge in [0.2, 0.25) is 0 Å². The third-order valence-corrected chi connectivity index (χ3v) is 2.74. The van der Waals surface area contributed by atoms with Crippen LogP contribution in [0.1, 0.15) is 18.5 Å². The van der Waals surface area contributed by atoms with Crippen LogP contribution in [0.3, 0.4) is 0 Å². The van der Waals surface area contributed by atoms with Crippen LogP contribution in [0.5, 0.6) is 0 Å². The molecule has 0 fully saturated rings. The van der Waals surface area contributed by atoms with Crippen LogP contribution in [0.2, 0.25) is 0 Å². The molecular weight excluding hydrogens is 224 g/mol. The highest BCUT2D eigenvalue weighted by molar-refractivity contribution is 5.85. The molecule has 2 N–H and O–H groups in total. The van der Waals surface area contributed by atoms with E-state index in [2.05, 4.69) is 17.2 Å². The first kappa shape index (κ1) is 12.7. The molecule has 4 heteroatoms. The highest BCUT2D eigenvalue weighted by atomic mass is 35.5. The van der Waals surface area contributed by atoms with E-state index in [1.165, 1.54) is 0 Å². The van der Waals surface area contributed by atoms with E-state index in [9.17, 15) is 4.79 Å². The van der Waals surface area contributed by atoms with Gasteiger partial charge in [0.1, 0.15) is 0 Å². The van der Waals surface area contributed by atoms with Crippen molar-refractivity contribution in [3.05, 3.63) is 46.4 Å². The predicted octanol–water partition coefficient (Wildman–Crippen LogP) is 2.23. The molecule has 1 heterocycles. The maximum absolute atomic E-state index is 11.6. The molecule has 0 bridgehead atoms. The molecule has 0 saturated heterocycles. The van der Waals surface area contributed by atoms with Crippen molar-refractivity contribution in [1.29, 1.82) is 0 Å². The number of aromatic amines is 1. The number of pyridine rings is 1.